The van der Waals surface area contributed by atoms with Gasteiger partial charge in [0.05, 0.1) is 11.0 Å². The molecule has 0 amide bonds. The highest BCUT2D eigenvalue weighted by Crippen LogP contribution is 2.20. The van der Waals surface area contributed by atoms with Crippen molar-refractivity contribution in [2.45, 2.75) is 38.2 Å². The van der Waals surface area contributed by atoms with E-state index >= 15 is 0 Å². The third kappa shape index (κ3) is 2.37. The molecule has 0 spiro atoms. The van der Waals surface area contributed by atoms with Crippen LogP contribution >= 0.6 is 0 Å². The van der Waals surface area contributed by atoms with Crippen LogP contribution in [0.4, 0.5) is 0 Å². The van der Waals surface area contributed by atoms with Gasteiger partial charge in [-0.15, -0.1) is 0 Å². The van der Waals surface area contributed by atoms with Crippen molar-refractivity contribution in [2.24, 2.45) is 5.16 Å². The van der Waals surface area contributed by atoms with E-state index in [1.54, 1.807) is 12.7 Å². The molecule has 1 aromatic carbocycles. The second-order valence-electron chi connectivity index (χ2n) is 4.73. The van der Waals surface area contributed by atoms with Crippen molar-refractivity contribution in [2.75, 3.05) is 0 Å². The fraction of sp³-hybridized carbons (Fsp3) is 0.429. The molecule has 0 saturated heterocycles. The number of oxime groups is 1. The molecule has 4 nitrogen and oxygen atoms in total. The average molecular weight is 243 g/mol. The highest BCUT2D eigenvalue weighted by atomic mass is 16.6. The Morgan fingerprint density at radius 3 is 2.94 bits per heavy atom. The third-order valence-corrected chi connectivity index (χ3v) is 3.41. The molecule has 1 heterocycles. The second kappa shape index (κ2) is 5.21. The Balaban J connectivity index is 1.68. The van der Waals surface area contributed by atoms with E-state index in [9.17, 15) is 0 Å². The van der Waals surface area contributed by atoms with Crippen LogP contribution in [0.15, 0.2) is 35.7 Å². The molecule has 1 aromatic heterocycles. The Labute approximate surface area is 106 Å². The van der Waals surface area contributed by atoms with Gasteiger partial charge in [0, 0.05) is 0 Å². The minimum atomic E-state index is 0.296. The number of nitrogens with zero attached hydrogens (tertiary/aromatic N) is 3. The summed E-state index contributed by atoms with van der Waals surface area (Å²) in [7, 11) is 0. The fourth-order valence-corrected chi connectivity index (χ4v) is 2.40. The van der Waals surface area contributed by atoms with E-state index in [4.69, 9.17) is 4.84 Å². The first kappa shape index (κ1) is 11.3. The summed E-state index contributed by atoms with van der Waals surface area (Å²) in [6.07, 6.45) is 9.86. The highest BCUT2D eigenvalue weighted by molar-refractivity contribution is 5.82. The van der Waals surface area contributed by atoms with E-state index in [1.807, 2.05) is 28.8 Å². The van der Waals surface area contributed by atoms with Gasteiger partial charge in [0.15, 0.2) is 0 Å². The minimum absolute atomic E-state index is 0.296. The number of rotatable bonds is 3. The van der Waals surface area contributed by atoms with Crippen LogP contribution in [0, 0.1) is 0 Å². The van der Waals surface area contributed by atoms with Crippen LogP contribution in [-0.2, 0) is 4.84 Å². The number of fused-ring (bicyclic) bond motifs is 1. The van der Waals surface area contributed by atoms with Gasteiger partial charge in [0.25, 0.3) is 0 Å². The zero-order valence-corrected chi connectivity index (χ0v) is 10.3. The fourth-order valence-electron chi connectivity index (χ4n) is 2.40. The number of hydrogen-bond acceptors (Lipinski definition) is 3. The quantitative estimate of drug-likeness (QED) is 0.472. The Morgan fingerprint density at radius 1 is 1.22 bits per heavy atom. The van der Waals surface area contributed by atoms with E-state index in [2.05, 4.69) is 10.1 Å². The highest BCUT2D eigenvalue weighted by Gasteiger charge is 2.13. The molecule has 1 aliphatic carbocycles. The molecule has 4 heteroatoms. The topological polar surface area (TPSA) is 39.4 Å². The second-order valence-corrected chi connectivity index (χ2v) is 4.73. The monoisotopic (exact) mass is 243 g/mol. The molecule has 0 atom stereocenters. The Kier molecular flexibility index (Phi) is 3.26. The smallest absolute Gasteiger partial charge is 0.140 e. The first-order valence-corrected chi connectivity index (χ1v) is 6.54. The van der Waals surface area contributed by atoms with Gasteiger partial charge in [-0.2, -0.15) is 0 Å². The zero-order chi connectivity index (χ0) is 12.2. The Hall–Kier alpha value is -1.84. The van der Waals surface area contributed by atoms with Crippen LogP contribution in [0.2, 0.25) is 0 Å². The third-order valence-electron chi connectivity index (χ3n) is 3.41. The van der Waals surface area contributed by atoms with E-state index in [0.29, 0.717) is 6.10 Å². The molecule has 94 valence electrons. The molecule has 1 fully saturated rings. The molecule has 2 aromatic rings. The summed E-state index contributed by atoms with van der Waals surface area (Å²) in [4.78, 5) is 9.83. The number of imidazole rings is 1. The van der Waals surface area contributed by atoms with Gasteiger partial charge in [0.2, 0.25) is 0 Å². The molecule has 1 aliphatic rings. The van der Waals surface area contributed by atoms with Gasteiger partial charge in [-0.05, 0) is 37.8 Å². The predicted molar refractivity (Wildman–Crippen MR) is 71.6 cm³/mol. The van der Waals surface area contributed by atoms with Crippen LogP contribution in [-0.4, -0.2) is 22.0 Å². The standard InChI is InChI=1S/C14H17N3O/c1-2-6-12(7-3-1)18-16-11-17-10-15-13-8-4-5-9-14(13)17/h4-5,8-12H,1-3,6-7H2. The number of benzene rings is 1. The molecule has 0 N–H and O–H groups in total. The first-order chi connectivity index (χ1) is 8.93. The molecule has 0 unspecified atom stereocenters. The van der Waals surface area contributed by atoms with Gasteiger partial charge in [-0.25, -0.2) is 4.98 Å². The van der Waals surface area contributed by atoms with Crippen LogP contribution < -0.4 is 0 Å². The van der Waals surface area contributed by atoms with Crippen LogP contribution in [0.3, 0.4) is 0 Å². The number of hydrogen-bond donors (Lipinski definition) is 0. The van der Waals surface area contributed by atoms with Crippen molar-refractivity contribution in [3.63, 3.8) is 0 Å². The van der Waals surface area contributed by atoms with Gasteiger partial charge in [0.1, 0.15) is 18.8 Å². The van der Waals surface area contributed by atoms with Crippen molar-refractivity contribution in [1.82, 2.24) is 9.55 Å². The lowest BCUT2D eigenvalue weighted by atomic mass is 9.98. The van der Waals surface area contributed by atoms with Crippen LogP contribution in [0.25, 0.3) is 11.0 Å². The summed E-state index contributed by atoms with van der Waals surface area (Å²) in [6.45, 7) is 0. The maximum absolute atomic E-state index is 5.53. The molecule has 0 aliphatic heterocycles. The lowest BCUT2D eigenvalue weighted by Crippen LogP contribution is -2.14. The summed E-state index contributed by atoms with van der Waals surface area (Å²) in [5, 5.41) is 4.09. The maximum atomic E-state index is 5.53. The molecular formula is C14H17N3O. The maximum Gasteiger partial charge on any atom is 0.140 e. The van der Waals surface area contributed by atoms with Crippen LogP contribution in [0.5, 0.6) is 0 Å². The SMILES string of the molecule is C(=NOC1CCCCC1)n1cnc2ccccc21. The van der Waals surface area contributed by atoms with Crippen molar-refractivity contribution < 1.29 is 4.84 Å². The zero-order valence-electron chi connectivity index (χ0n) is 10.3. The average Bonchev–Trinajstić information content (AvgIpc) is 2.84. The molecule has 0 bridgehead atoms. The van der Waals surface area contributed by atoms with Gasteiger partial charge >= 0.3 is 0 Å². The lowest BCUT2D eigenvalue weighted by molar-refractivity contribution is 0.0334. The van der Waals surface area contributed by atoms with Crippen molar-refractivity contribution in [1.29, 1.82) is 0 Å². The number of aromatic nitrogens is 2. The van der Waals surface area contributed by atoms with Crippen molar-refractivity contribution in [3.8, 4) is 0 Å². The molecule has 18 heavy (non-hydrogen) atoms. The van der Waals surface area contributed by atoms with Crippen molar-refractivity contribution >= 4 is 17.4 Å². The summed E-state index contributed by atoms with van der Waals surface area (Å²) < 4.78 is 1.89. The van der Waals surface area contributed by atoms with Gasteiger partial charge in [-0.3, -0.25) is 4.57 Å². The first-order valence-electron chi connectivity index (χ1n) is 6.54. The molecular weight excluding hydrogens is 226 g/mol. The Morgan fingerprint density at radius 2 is 2.06 bits per heavy atom. The predicted octanol–water partition coefficient (Wildman–Crippen LogP) is 3.18. The minimum Gasteiger partial charge on any atom is -0.391 e. The van der Waals surface area contributed by atoms with Crippen LogP contribution in [0.1, 0.15) is 32.1 Å². The molecule has 0 radical (unpaired) electrons. The lowest BCUT2D eigenvalue weighted by Gasteiger charge is -2.18. The molecule has 3 rings (SSSR count). The van der Waals surface area contributed by atoms with E-state index in [-0.39, 0.29) is 0 Å². The normalized spacial score (nSPS) is 17.6. The van der Waals surface area contributed by atoms with E-state index in [0.717, 1.165) is 23.9 Å². The summed E-state index contributed by atoms with van der Waals surface area (Å²) in [5.74, 6) is 0. The Bertz CT molecular complexity index is 541. The summed E-state index contributed by atoms with van der Waals surface area (Å²) in [5.41, 5.74) is 2.02. The van der Waals surface area contributed by atoms with Gasteiger partial charge in [-0.1, -0.05) is 23.7 Å². The number of para-hydroxylation sites is 2. The summed E-state index contributed by atoms with van der Waals surface area (Å²) in [6, 6.07) is 7.99. The molecule has 1 saturated carbocycles. The largest absolute Gasteiger partial charge is 0.391 e. The van der Waals surface area contributed by atoms with E-state index in [1.165, 1.54) is 19.3 Å². The summed E-state index contributed by atoms with van der Waals surface area (Å²) >= 11 is 0. The van der Waals surface area contributed by atoms with Gasteiger partial charge < -0.3 is 4.84 Å². The van der Waals surface area contributed by atoms with E-state index < -0.39 is 0 Å². The van der Waals surface area contributed by atoms with Crippen molar-refractivity contribution in [3.05, 3.63) is 30.6 Å².